The molecule has 0 radical (unpaired) electrons. The first-order valence-electron chi connectivity index (χ1n) is 9.11. The third kappa shape index (κ3) is 3.01. The molecule has 4 rings (SSSR count). The fourth-order valence-corrected chi connectivity index (χ4v) is 4.37. The zero-order valence-corrected chi connectivity index (χ0v) is 14.3. The highest BCUT2D eigenvalue weighted by Gasteiger charge is 2.34. The number of nitro groups is 1. The molecule has 2 unspecified atom stereocenters. The van der Waals surface area contributed by atoms with Gasteiger partial charge >= 0.3 is 0 Å². The molecule has 0 bridgehead atoms. The largest absolute Gasteiger partial charge is 0.371 e. The molecule has 6 heteroatoms. The van der Waals surface area contributed by atoms with Gasteiger partial charge in [0.1, 0.15) is 5.56 Å². The summed E-state index contributed by atoms with van der Waals surface area (Å²) in [7, 11) is 0. The number of amides is 1. The quantitative estimate of drug-likeness (QED) is 0.481. The Morgan fingerprint density at radius 2 is 1.72 bits per heavy atom. The molecule has 2 atom stereocenters. The Morgan fingerprint density at radius 1 is 1.08 bits per heavy atom. The van der Waals surface area contributed by atoms with E-state index in [1.54, 1.807) is 17.0 Å². The van der Waals surface area contributed by atoms with Crippen molar-refractivity contribution in [3.05, 3.63) is 46.0 Å². The normalized spacial score (nSPS) is 25.3. The molecular weight excluding hydrogens is 318 g/mol. The van der Waals surface area contributed by atoms with E-state index in [9.17, 15) is 14.9 Å². The molecule has 2 heterocycles. The first kappa shape index (κ1) is 16.1. The Balaban J connectivity index is 1.62. The second-order valence-electron chi connectivity index (χ2n) is 7.33. The van der Waals surface area contributed by atoms with Gasteiger partial charge < -0.3 is 9.80 Å². The molecule has 6 nitrogen and oxygen atoms in total. The van der Waals surface area contributed by atoms with Crippen molar-refractivity contribution in [1.82, 2.24) is 4.90 Å². The minimum absolute atomic E-state index is 0.0843. The number of hydrogen-bond donors (Lipinski definition) is 0. The van der Waals surface area contributed by atoms with Crippen molar-refractivity contribution in [3.63, 3.8) is 0 Å². The van der Waals surface area contributed by atoms with Crippen molar-refractivity contribution >= 4 is 17.3 Å². The second-order valence-corrected chi connectivity index (χ2v) is 7.33. The molecule has 1 aromatic carbocycles. The average Bonchev–Trinajstić information content (AvgIpc) is 3.29. The molecule has 1 aliphatic carbocycles. The summed E-state index contributed by atoms with van der Waals surface area (Å²) in [5.41, 5.74) is 1.08. The third-order valence-electron chi connectivity index (χ3n) is 5.79. The monoisotopic (exact) mass is 341 g/mol. The maximum atomic E-state index is 12.8. The van der Waals surface area contributed by atoms with Crippen molar-refractivity contribution in [2.75, 3.05) is 31.1 Å². The number of nitrogens with zero attached hydrogens (tertiary/aromatic N) is 3. The molecule has 2 fully saturated rings. The summed E-state index contributed by atoms with van der Waals surface area (Å²) in [6.07, 6.45) is 8.66. The highest BCUT2D eigenvalue weighted by Crippen LogP contribution is 2.37. The summed E-state index contributed by atoms with van der Waals surface area (Å²) in [5, 5.41) is 11.4. The molecule has 0 N–H and O–H groups in total. The van der Waals surface area contributed by atoms with E-state index in [1.807, 2.05) is 0 Å². The van der Waals surface area contributed by atoms with Gasteiger partial charge in [0, 0.05) is 37.9 Å². The molecule has 0 aromatic heterocycles. The van der Waals surface area contributed by atoms with Gasteiger partial charge in [0.25, 0.3) is 11.6 Å². The fraction of sp³-hybridized carbons (Fsp3) is 0.526. The number of benzene rings is 1. The number of anilines is 1. The first-order valence-corrected chi connectivity index (χ1v) is 9.11. The molecule has 1 aromatic rings. The van der Waals surface area contributed by atoms with Gasteiger partial charge in [0.05, 0.1) is 4.92 Å². The maximum absolute atomic E-state index is 12.8. The predicted octanol–water partition coefficient (Wildman–Crippen LogP) is 3.23. The highest BCUT2D eigenvalue weighted by molar-refractivity contribution is 5.99. The number of rotatable bonds is 3. The van der Waals surface area contributed by atoms with Gasteiger partial charge in [-0.05, 0) is 49.7 Å². The molecule has 2 aliphatic heterocycles. The van der Waals surface area contributed by atoms with Crippen LogP contribution in [0.3, 0.4) is 0 Å². The van der Waals surface area contributed by atoms with Crippen LogP contribution in [-0.4, -0.2) is 41.9 Å². The fourth-order valence-electron chi connectivity index (χ4n) is 4.37. The maximum Gasteiger partial charge on any atom is 0.282 e. The zero-order valence-electron chi connectivity index (χ0n) is 14.3. The van der Waals surface area contributed by atoms with E-state index in [0.717, 1.165) is 44.5 Å². The Morgan fingerprint density at radius 3 is 2.32 bits per heavy atom. The van der Waals surface area contributed by atoms with Crippen LogP contribution < -0.4 is 4.90 Å². The molecular formula is C19H23N3O3. The van der Waals surface area contributed by atoms with Crippen LogP contribution in [0, 0.1) is 22.0 Å². The molecule has 1 amide bonds. The lowest BCUT2D eigenvalue weighted by Gasteiger charge is -2.21. The van der Waals surface area contributed by atoms with Gasteiger partial charge in [0.2, 0.25) is 0 Å². The lowest BCUT2D eigenvalue weighted by atomic mass is 9.86. The lowest BCUT2D eigenvalue weighted by molar-refractivity contribution is -0.385. The minimum atomic E-state index is -0.444. The molecule has 132 valence electrons. The average molecular weight is 341 g/mol. The van der Waals surface area contributed by atoms with Gasteiger partial charge in [-0.1, -0.05) is 12.2 Å². The van der Waals surface area contributed by atoms with Crippen LogP contribution >= 0.6 is 0 Å². The van der Waals surface area contributed by atoms with Crippen LogP contribution in [0.25, 0.3) is 0 Å². The minimum Gasteiger partial charge on any atom is -0.371 e. The summed E-state index contributed by atoms with van der Waals surface area (Å²) in [5.74, 6) is 1.10. The molecule has 0 saturated carbocycles. The molecule has 25 heavy (non-hydrogen) atoms. The van der Waals surface area contributed by atoms with Crippen LogP contribution in [0.2, 0.25) is 0 Å². The second kappa shape index (κ2) is 6.50. The van der Waals surface area contributed by atoms with Crippen molar-refractivity contribution in [2.24, 2.45) is 11.8 Å². The van der Waals surface area contributed by atoms with E-state index in [1.165, 1.54) is 6.07 Å². The number of carbonyl (C=O) groups is 1. The van der Waals surface area contributed by atoms with Gasteiger partial charge in [0.15, 0.2) is 0 Å². The summed E-state index contributed by atoms with van der Waals surface area (Å²) < 4.78 is 0. The standard InChI is InChI=1S/C19H23N3O3/c23-19(20-9-3-4-10-20)17-11-16(7-8-18(17)22(24)25)21-12-14-5-1-2-6-15(14)13-21/h1-2,7-8,11,14-15H,3-6,9-10,12-13H2. The van der Waals surface area contributed by atoms with Crippen LogP contribution in [0.15, 0.2) is 30.4 Å². The van der Waals surface area contributed by atoms with Crippen LogP contribution in [0.4, 0.5) is 11.4 Å². The van der Waals surface area contributed by atoms with Crippen LogP contribution in [-0.2, 0) is 0 Å². The van der Waals surface area contributed by atoms with Crippen molar-refractivity contribution in [1.29, 1.82) is 0 Å². The van der Waals surface area contributed by atoms with Crippen molar-refractivity contribution < 1.29 is 9.72 Å². The van der Waals surface area contributed by atoms with E-state index in [0.29, 0.717) is 24.9 Å². The number of nitro benzene ring substituents is 1. The summed E-state index contributed by atoms with van der Waals surface area (Å²) >= 11 is 0. The molecule has 2 saturated heterocycles. The summed E-state index contributed by atoms with van der Waals surface area (Å²) in [6, 6.07) is 5.03. The SMILES string of the molecule is O=C(c1cc(N2CC3CC=CCC3C2)ccc1[N+](=O)[O-])N1CCCC1. The summed E-state index contributed by atoms with van der Waals surface area (Å²) in [6.45, 7) is 3.31. The number of carbonyl (C=O) groups excluding carboxylic acids is 1. The molecule has 3 aliphatic rings. The van der Waals surface area contributed by atoms with E-state index in [2.05, 4.69) is 17.1 Å². The number of allylic oxidation sites excluding steroid dienone is 2. The topological polar surface area (TPSA) is 66.7 Å². The number of likely N-dealkylation sites (tertiary alicyclic amines) is 1. The highest BCUT2D eigenvalue weighted by atomic mass is 16.6. The Bertz CT molecular complexity index is 709. The Hall–Kier alpha value is -2.37. The van der Waals surface area contributed by atoms with E-state index < -0.39 is 4.92 Å². The van der Waals surface area contributed by atoms with E-state index in [-0.39, 0.29) is 17.2 Å². The van der Waals surface area contributed by atoms with Crippen LogP contribution in [0.5, 0.6) is 0 Å². The number of fused-ring (bicyclic) bond motifs is 1. The van der Waals surface area contributed by atoms with Crippen molar-refractivity contribution in [3.8, 4) is 0 Å². The third-order valence-corrected chi connectivity index (χ3v) is 5.79. The predicted molar refractivity (Wildman–Crippen MR) is 95.8 cm³/mol. The van der Waals surface area contributed by atoms with Gasteiger partial charge in [-0.25, -0.2) is 0 Å². The van der Waals surface area contributed by atoms with Gasteiger partial charge in [-0.3, -0.25) is 14.9 Å². The van der Waals surface area contributed by atoms with E-state index >= 15 is 0 Å². The van der Waals surface area contributed by atoms with Gasteiger partial charge in [-0.15, -0.1) is 0 Å². The van der Waals surface area contributed by atoms with Gasteiger partial charge in [-0.2, -0.15) is 0 Å². The molecule has 0 spiro atoms. The smallest absolute Gasteiger partial charge is 0.282 e. The van der Waals surface area contributed by atoms with Crippen LogP contribution in [0.1, 0.15) is 36.0 Å². The summed E-state index contributed by atoms with van der Waals surface area (Å²) in [4.78, 5) is 27.8. The Labute approximate surface area is 147 Å². The number of hydrogen-bond acceptors (Lipinski definition) is 4. The zero-order chi connectivity index (χ0) is 17.4. The van der Waals surface area contributed by atoms with Crippen molar-refractivity contribution in [2.45, 2.75) is 25.7 Å². The first-order chi connectivity index (χ1) is 12.1. The Kier molecular flexibility index (Phi) is 4.19. The lowest BCUT2D eigenvalue weighted by Crippen LogP contribution is -2.29. The van der Waals surface area contributed by atoms with E-state index in [4.69, 9.17) is 0 Å².